The van der Waals surface area contributed by atoms with Crippen LogP contribution < -0.4 is 10.2 Å². The first-order chi connectivity index (χ1) is 14.4. The molecule has 0 saturated heterocycles. The standard InChI is InChI=1S/C22H18BrClO6/c23-16-10-12(20-11-18(25)15-2-1-3-17(24)21(15)30-20)4-5-19(16)29-7-6-28-14-8-13(9-14)22(26)27/h1-5,10-11,13-14H,6-9H2,(H,26,27). The Morgan fingerprint density at radius 3 is 2.73 bits per heavy atom. The minimum Gasteiger partial charge on any atom is -0.490 e. The third-order valence-corrected chi connectivity index (χ3v) is 5.98. The predicted molar refractivity (Wildman–Crippen MR) is 116 cm³/mol. The summed E-state index contributed by atoms with van der Waals surface area (Å²) in [6.07, 6.45) is 1.09. The molecule has 1 aliphatic carbocycles. The molecule has 1 fully saturated rings. The van der Waals surface area contributed by atoms with Crippen LogP contribution in [-0.4, -0.2) is 30.4 Å². The van der Waals surface area contributed by atoms with Crippen LogP contribution in [-0.2, 0) is 9.53 Å². The Morgan fingerprint density at radius 2 is 2.00 bits per heavy atom. The number of para-hydroxylation sites is 1. The molecular formula is C22H18BrClO6. The number of carboxylic acids is 1. The van der Waals surface area contributed by atoms with Gasteiger partial charge in [0.25, 0.3) is 0 Å². The highest BCUT2D eigenvalue weighted by molar-refractivity contribution is 9.10. The second-order valence-electron chi connectivity index (χ2n) is 7.08. The van der Waals surface area contributed by atoms with Gasteiger partial charge in [-0.1, -0.05) is 17.7 Å². The zero-order valence-electron chi connectivity index (χ0n) is 15.8. The molecule has 0 bridgehead atoms. The van der Waals surface area contributed by atoms with Crippen molar-refractivity contribution in [3.63, 3.8) is 0 Å². The predicted octanol–water partition coefficient (Wildman–Crippen LogP) is 5.13. The molecule has 0 unspecified atom stereocenters. The number of rotatable bonds is 7. The summed E-state index contributed by atoms with van der Waals surface area (Å²) in [6.45, 7) is 0.718. The maximum atomic E-state index is 12.4. The van der Waals surface area contributed by atoms with Crippen LogP contribution in [0.1, 0.15) is 12.8 Å². The van der Waals surface area contributed by atoms with Gasteiger partial charge in [0.2, 0.25) is 0 Å². The first-order valence-electron chi connectivity index (χ1n) is 9.42. The van der Waals surface area contributed by atoms with Crippen LogP contribution in [0.5, 0.6) is 5.75 Å². The van der Waals surface area contributed by atoms with Gasteiger partial charge in [-0.2, -0.15) is 0 Å². The van der Waals surface area contributed by atoms with E-state index in [4.69, 9.17) is 30.6 Å². The van der Waals surface area contributed by atoms with E-state index in [0.29, 0.717) is 63.6 Å². The molecule has 156 valence electrons. The Hall–Kier alpha value is -2.35. The van der Waals surface area contributed by atoms with Crippen molar-refractivity contribution >= 4 is 44.5 Å². The van der Waals surface area contributed by atoms with E-state index in [1.54, 1.807) is 36.4 Å². The number of ether oxygens (including phenoxy) is 2. The highest BCUT2D eigenvalue weighted by Crippen LogP contribution is 2.33. The minimum absolute atomic E-state index is 0.0110. The molecule has 0 radical (unpaired) electrons. The van der Waals surface area contributed by atoms with Gasteiger partial charge in [-0.05, 0) is 59.1 Å². The Balaban J connectivity index is 1.40. The molecule has 1 N–H and O–H groups in total. The summed E-state index contributed by atoms with van der Waals surface area (Å²) < 4.78 is 17.9. The first kappa shape index (κ1) is 20.9. The average Bonchev–Trinajstić information content (AvgIpc) is 2.67. The summed E-state index contributed by atoms with van der Waals surface area (Å²) >= 11 is 9.65. The summed E-state index contributed by atoms with van der Waals surface area (Å²) in [7, 11) is 0. The molecular weight excluding hydrogens is 476 g/mol. The van der Waals surface area contributed by atoms with Crippen LogP contribution in [0, 0.1) is 5.92 Å². The number of hydrogen-bond acceptors (Lipinski definition) is 5. The highest BCUT2D eigenvalue weighted by Gasteiger charge is 2.34. The smallest absolute Gasteiger partial charge is 0.306 e. The number of carbonyl (C=O) groups is 1. The zero-order chi connectivity index (χ0) is 21.3. The number of benzene rings is 2. The monoisotopic (exact) mass is 492 g/mol. The second kappa shape index (κ2) is 8.79. The van der Waals surface area contributed by atoms with E-state index < -0.39 is 5.97 Å². The molecule has 0 aliphatic heterocycles. The Morgan fingerprint density at radius 1 is 1.20 bits per heavy atom. The fourth-order valence-electron chi connectivity index (χ4n) is 3.33. The van der Waals surface area contributed by atoms with Crippen LogP contribution in [0.2, 0.25) is 5.02 Å². The summed E-state index contributed by atoms with van der Waals surface area (Å²) in [5.74, 6) is -0.0167. The van der Waals surface area contributed by atoms with Gasteiger partial charge in [0, 0.05) is 11.6 Å². The lowest BCUT2D eigenvalue weighted by atomic mass is 9.82. The van der Waals surface area contributed by atoms with E-state index in [0.717, 1.165) is 0 Å². The molecule has 0 atom stereocenters. The maximum Gasteiger partial charge on any atom is 0.306 e. The summed E-state index contributed by atoms with van der Waals surface area (Å²) in [5, 5.41) is 9.69. The Bertz CT molecular complexity index is 1150. The molecule has 0 amide bonds. The molecule has 0 spiro atoms. The van der Waals surface area contributed by atoms with Gasteiger partial charge in [0.05, 0.1) is 33.5 Å². The van der Waals surface area contributed by atoms with Crippen LogP contribution in [0.15, 0.2) is 56.1 Å². The molecule has 1 heterocycles. The summed E-state index contributed by atoms with van der Waals surface area (Å²) in [4.78, 5) is 23.2. The largest absolute Gasteiger partial charge is 0.490 e. The van der Waals surface area contributed by atoms with Crippen LogP contribution in [0.4, 0.5) is 0 Å². The summed E-state index contributed by atoms with van der Waals surface area (Å²) in [5.41, 5.74) is 0.901. The molecule has 1 aromatic heterocycles. The van der Waals surface area contributed by atoms with Gasteiger partial charge in [-0.3, -0.25) is 9.59 Å². The second-order valence-corrected chi connectivity index (χ2v) is 8.35. The Labute approximate surface area is 185 Å². The molecule has 4 rings (SSSR count). The molecule has 8 heteroatoms. The van der Waals surface area contributed by atoms with Gasteiger partial charge >= 0.3 is 5.97 Å². The van der Waals surface area contributed by atoms with Gasteiger partial charge < -0.3 is 19.0 Å². The van der Waals surface area contributed by atoms with Gasteiger partial charge in [0.15, 0.2) is 11.0 Å². The van der Waals surface area contributed by atoms with E-state index in [9.17, 15) is 9.59 Å². The van der Waals surface area contributed by atoms with E-state index in [1.165, 1.54) is 6.07 Å². The van der Waals surface area contributed by atoms with Crippen molar-refractivity contribution in [1.29, 1.82) is 0 Å². The lowest BCUT2D eigenvalue weighted by Crippen LogP contribution is -2.37. The van der Waals surface area contributed by atoms with Crippen molar-refractivity contribution < 1.29 is 23.8 Å². The zero-order valence-corrected chi connectivity index (χ0v) is 18.1. The minimum atomic E-state index is -0.764. The van der Waals surface area contributed by atoms with E-state index in [1.807, 2.05) is 0 Å². The fourth-order valence-corrected chi connectivity index (χ4v) is 4.03. The molecule has 2 aromatic carbocycles. The fraction of sp³-hybridized carbons (Fsp3) is 0.273. The Kier molecular flexibility index (Phi) is 6.13. The van der Waals surface area contributed by atoms with Gasteiger partial charge in [-0.25, -0.2) is 0 Å². The topological polar surface area (TPSA) is 86.0 Å². The van der Waals surface area contributed by atoms with E-state index >= 15 is 0 Å². The van der Waals surface area contributed by atoms with Crippen LogP contribution in [0.3, 0.4) is 0 Å². The lowest BCUT2D eigenvalue weighted by Gasteiger charge is -2.31. The number of hydrogen-bond donors (Lipinski definition) is 1. The number of aliphatic carboxylic acids is 1. The van der Waals surface area contributed by atoms with Crippen molar-refractivity contribution in [2.24, 2.45) is 5.92 Å². The molecule has 6 nitrogen and oxygen atoms in total. The third-order valence-electron chi connectivity index (χ3n) is 5.06. The SMILES string of the molecule is O=C(O)C1CC(OCCOc2ccc(-c3cc(=O)c4cccc(Cl)c4o3)cc2Br)C1. The molecule has 30 heavy (non-hydrogen) atoms. The van der Waals surface area contributed by atoms with E-state index in [2.05, 4.69) is 15.9 Å². The number of carboxylic acid groups (broad SMARTS) is 1. The van der Waals surface area contributed by atoms with Crippen molar-refractivity contribution in [3.8, 4) is 17.1 Å². The van der Waals surface area contributed by atoms with Crippen LogP contribution in [0.25, 0.3) is 22.3 Å². The van der Waals surface area contributed by atoms with Crippen molar-refractivity contribution in [1.82, 2.24) is 0 Å². The van der Waals surface area contributed by atoms with Crippen molar-refractivity contribution in [2.45, 2.75) is 18.9 Å². The maximum absolute atomic E-state index is 12.4. The third kappa shape index (κ3) is 4.38. The quantitative estimate of drug-likeness (QED) is 0.459. The first-order valence-corrected chi connectivity index (χ1v) is 10.6. The molecule has 1 saturated carbocycles. The lowest BCUT2D eigenvalue weighted by molar-refractivity contribution is -0.151. The molecule has 3 aromatic rings. The summed E-state index contributed by atoms with van der Waals surface area (Å²) in [6, 6.07) is 11.9. The van der Waals surface area contributed by atoms with Gasteiger partial charge in [0.1, 0.15) is 18.1 Å². The average molecular weight is 494 g/mol. The molecule has 1 aliphatic rings. The van der Waals surface area contributed by atoms with E-state index in [-0.39, 0.29) is 17.5 Å². The normalized spacial score (nSPS) is 18.2. The van der Waals surface area contributed by atoms with Crippen molar-refractivity contribution in [2.75, 3.05) is 13.2 Å². The van der Waals surface area contributed by atoms with Crippen molar-refractivity contribution in [3.05, 3.63) is 62.2 Å². The van der Waals surface area contributed by atoms with Gasteiger partial charge in [-0.15, -0.1) is 0 Å². The van der Waals surface area contributed by atoms with Crippen LogP contribution >= 0.6 is 27.5 Å². The highest BCUT2D eigenvalue weighted by atomic mass is 79.9. The number of halogens is 2. The number of fused-ring (bicyclic) bond motifs is 1.